The third-order valence-corrected chi connectivity index (χ3v) is 4.54. The zero-order valence-electron chi connectivity index (χ0n) is 16.7. The Morgan fingerprint density at radius 3 is 2.63 bits per heavy atom. The summed E-state index contributed by atoms with van der Waals surface area (Å²) in [6, 6.07) is 6.49. The number of guanidine groups is 1. The van der Waals surface area contributed by atoms with Crippen LogP contribution in [0.4, 0.5) is 4.39 Å². The second kappa shape index (κ2) is 11.8. The molecule has 6 nitrogen and oxygen atoms in total. The Morgan fingerprint density at radius 1 is 1.30 bits per heavy atom. The summed E-state index contributed by atoms with van der Waals surface area (Å²) in [5, 5.41) is 6.84. The van der Waals surface area contributed by atoms with Crippen molar-refractivity contribution >= 4 is 5.96 Å². The summed E-state index contributed by atoms with van der Waals surface area (Å²) in [6.07, 6.45) is 2.09. The molecule has 1 fully saturated rings. The molecule has 0 radical (unpaired) electrons. The quantitative estimate of drug-likeness (QED) is 0.508. The number of benzene rings is 1. The number of methoxy groups -OCH3 is 1. The first kappa shape index (κ1) is 21.4. The van der Waals surface area contributed by atoms with Gasteiger partial charge in [0.2, 0.25) is 0 Å². The molecule has 152 valence electrons. The van der Waals surface area contributed by atoms with Crippen molar-refractivity contribution in [2.45, 2.75) is 38.8 Å². The van der Waals surface area contributed by atoms with Gasteiger partial charge in [0.05, 0.1) is 13.2 Å². The monoisotopic (exact) mass is 380 g/mol. The Bertz CT molecular complexity index is 560. The minimum Gasteiger partial charge on any atom is -0.489 e. The van der Waals surface area contributed by atoms with Crippen LogP contribution in [0.15, 0.2) is 29.3 Å². The van der Waals surface area contributed by atoms with E-state index in [1.165, 1.54) is 12.1 Å². The van der Waals surface area contributed by atoms with Crippen molar-refractivity contribution in [3.05, 3.63) is 30.1 Å². The first-order valence-electron chi connectivity index (χ1n) is 9.79. The molecule has 0 amide bonds. The SMILES string of the molecule is CCNC(=NCC(C)Oc1ccc(F)cc1)NC1CCN(CCOC)CC1. The van der Waals surface area contributed by atoms with Crippen LogP contribution in [0, 0.1) is 5.82 Å². The van der Waals surface area contributed by atoms with Crippen LogP contribution in [-0.4, -0.2) is 69.4 Å². The molecular formula is C20H33FN4O2. The molecule has 2 N–H and O–H groups in total. The molecule has 1 unspecified atom stereocenters. The highest BCUT2D eigenvalue weighted by Gasteiger charge is 2.19. The lowest BCUT2D eigenvalue weighted by Gasteiger charge is -2.32. The van der Waals surface area contributed by atoms with Gasteiger partial charge in [0.15, 0.2) is 5.96 Å². The zero-order valence-corrected chi connectivity index (χ0v) is 16.7. The van der Waals surface area contributed by atoms with E-state index in [0.717, 1.165) is 51.6 Å². The minimum atomic E-state index is -0.264. The first-order chi connectivity index (χ1) is 13.1. The Labute approximate surface area is 162 Å². The van der Waals surface area contributed by atoms with Gasteiger partial charge < -0.3 is 25.0 Å². The van der Waals surface area contributed by atoms with Crippen molar-refractivity contribution < 1.29 is 13.9 Å². The molecule has 2 rings (SSSR count). The number of halogens is 1. The van der Waals surface area contributed by atoms with Crippen LogP contribution in [0.2, 0.25) is 0 Å². The number of likely N-dealkylation sites (tertiary alicyclic amines) is 1. The highest BCUT2D eigenvalue weighted by molar-refractivity contribution is 5.80. The summed E-state index contributed by atoms with van der Waals surface area (Å²) in [6.45, 7) is 9.29. The fraction of sp³-hybridized carbons (Fsp3) is 0.650. The van der Waals surface area contributed by atoms with Gasteiger partial charge in [0.25, 0.3) is 0 Å². The highest BCUT2D eigenvalue weighted by atomic mass is 19.1. The van der Waals surface area contributed by atoms with Crippen molar-refractivity contribution in [2.24, 2.45) is 4.99 Å². The maximum Gasteiger partial charge on any atom is 0.191 e. The molecule has 1 saturated heterocycles. The molecule has 7 heteroatoms. The number of nitrogens with one attached hydrogen (secondary N) is 2. The average molecular weight is 381 g/mol. The predicted octanol–water partition coefficient (Wildman–Crippen LogP) is 2.26. The molecule has 0 aromatic heterocycles. The van der Waals surface area contributed by atoms with Gasteiger partial charge in [-0.3, -0.25) is 0 Å². The van der Waals surface area contributed by atoms with Gasteiger partial charge in [-0.15, -0.1) is 0 Å². The van der Waals surface area contributed by atoms with Crippen LogP contribution in [0.25, 0.3) is 0 Å². The highest BCUT2D eigenvalue weighted by Crippen LogP contribution is 2.13. The standard InChI is InChI=1S/C20H33FN4O2/c1-4-22-20(24-18-9-11-25(12-10-18)13-14-26-3)23-15-16(2)27-19-7-5-17(21)6-8-19/h5-8,16,18H,4,9-15H2,1-3H3,(H2,22,23,24). The number of piperidine rings is 1. The van der Waals surface area contributed by atoms with Crippen LogP contribution in [0.5, 0.6) is 5.75 Å². The smallest absolute Gasteiger partial charge is 0.191 e. The van der Waals surface area contributed by atoms with E-state index in [2.05, 4.69) is 27.4 Å². The van der Waals surface area contributed by atoms with Gasteiger partial charge in [-0.2, -0.15) is 0 Å². The second-order valence-electron chi connectivity index (χ2n) is 6.86. The van der Waals surface area contributed by atoms with Crippen molar-refractivity contribution in [3.8, 4) is 5.75 Å². The number of aliphatic imine (C=N–C) groups is 1. The average Bonchev–Trinajstić information content (AvgIpc) is 2.67. The molecule has 0 bridgehead atoms. The number of hydrogen-bond acceptors (Lipinski definition) is 4. The molecule has 1 aromatic rings. The third-order valence-electron chi connectivity index (χ3n) is 4.54. The first-order valence-corrected chi connectivity index (χ1v) is 9.79. The second-order valence-corrected chi connectivity index (χ2v) is 6.86. The molecule has 1 atom stereocenters. The van der Waals surface area contributed by atoms with Gasteiger partial charge >= 0.3 is 0 Å². The molecule has 27 heavy (non-hydrogen) atoms. The van der Waals surface area contributed by atoms with Crippen LogP contribution in [-0.2, 0) is 4.74 Å². The van der Waals surface area contributed by atoms with Crippen LogP contribution in [0.1, 0.15) is 26.7 Å². The number of nitrogens with zero attached hydrogens (tertiary/aromatic N) is 2. The molecule has 1 heterocycles. The largest absolute Gasteiger partial charge is 0.489 e. The van der Waals surface area contributed by atoms with E-state index in [0.29, 0.717) is 18.3 Å². The molecular weight excluding hydrogens is 347 g/mol. The van der Waals surface area contributed by atoms with Crippen molar-refractivity contribution in [1.82, 2.24) is 15.5 Å². The fourth-order valence-electron chi connectivity index (χ4n) is 3.04. The normalized spacial score (nSPS) is 17.6. The Morgan fingerprint density at radius 2 is 2.00 bits per heavy atom. The van der Waals surface area contributed by atoms with Gasteiger partial charge in [0, 0.05) is 39.3 Å². The van der Waals surface area contributed by atoms with Crippen molar-refractivity contribution in [3.63, 3.8) is 0 Å². The predicted molar refractivity (Wildman–Crippen MR) is 107 cm³/mol. The summed E-state index contributed by atoms with van der Waals surface area (Å²) in [5.41, 5.74) is 0. The molecule has 0 saturated carbocycles. The molecule has 1 aliphatic heterocycles. The third kappa shape index (κ3) is 8.13. The van der Waals surface area contributed by atoms with Crippen LogP contribution < -0.4 is 15.4 Å². The Balaban J connectivity index is 1.78. The van der Waals surface area contributed by atoms with E-state index in [-0.39, 0.29) is 11.9 Å². The summed E-state index contributed by atoms with van der Waals surface area (Å²) < 4.78 is 23.9. The van der Waals surface area contributed by atoms with Gasteiger partial charge in [0.1, 0.15) is 17.7 Å². The number of hydrogen-bond donors (Lipinski definition) is 2. The van der Waals surface area contributed by atoms with Crippen LogP contribution >= 0.6 is 0 Å². The lowest BCUT2D eigenvalue weighted by molar-refractivity contribution is 0.128. The van der Waals surface area contributed by atoms with E-state index >= 15 is 0 Å². The summed E-state index contributed by atoms with van der Waals surface area (Å²) >= 11 is 0. The fourth-order valence-corrected chi connectivity index (χ4v) is 3.04. The molecule has 0 spiro atoms. The van der Waals surface area contributed by atoms with Gasteiger partial charge in [-0.25, -0.2) is 9.38 Å². The van der Waals surface area contributed by atoms with Crippen LogP contribution in [0.3, 0.4) is 0 Å². The van der Waals surface area contributed by atoms with Gasteiger partial charge in [-0.05, 0) is 51.0 Å². The summed E-state index contributed by atoms with van der Waals surface area (Å²) in [7, 11) is 1.74. The van der Waals surface area contributed by atoms with E-state index < -0.39 is 0 Å². The minimum absolute atomic E-state index is 0.0955. The summed E-state index contributed by atoms with van der Waals surface area (Å²) in [5.74, 6) is 1.21. The van der Waals surface area contributed by atoms with Gasteiger partial charge in [-0.1, -0.05) is 0 Å². The van der Waals surface area contributed by atoms with Crippen molar-refractivity contribution in [2.75, 3.05) is 46.4 Å². The zero-order chi connectivity index (χ0) is 19.5. The molecule has 0 aliphatic carbocycles. The van der Waals surface area contributed by atoms with Crippen molar-refractivity contribution in [1.29, 1.82) is 0 Å². The number of ether oxygens (including phenoxy) is 2. The van der Waals surface area contributed by atoms with E-state index in [4.69, 9.17) is 9.47 Å². The Kier molecular flexibility index (Phi) is 9.35. The lowest BCUT2D eigenvalue weighted by atomic mass is 10.1. The maximum absolute atomic E-state index is 13.0. The van der Waals surface area contributed by atoms with E-state index in [9.17, 15) is 4.39 Å². The number of rotatable bonds is 9. The Hall–Kier alpha value is -1.86. The summed E-state index contributed by atoms with van der Waals surface area (Å²) in [4.78, 5) is 7.09. The molecule has 1 aliphatic rings. The maximum atomic E-state index is 13.0. The van der Waals surface area contributed by atoms with E-state index in [1.807, 2.05) is 6.92 Å². The topological polar surface area (TPSA) is 58.1 Å². The van der Waals surface area contributed by atoms with E-state index in [1.54, 1.807) is 19.2 Å². The lowest BCUT2D eigenvalue weighted by Crippen LogP contribution is -2.49. The molecule has 1 aromatic carbocycles.